The van der Waals surface area contributed by atoms with Crippen LogP contribution in [0.15, 0.2) is 30.3 Å². The minimum atomic E-state index is 0.597. The molecule has 0 bridgehead atoms. The zero-order chi connectivity index (χ0) is 13.4. The van der Waals surface area contributed by atoms with Gasteiger partial charge in [0.25, 0.3) is 0 Å². The molecular formula is C16H28N2. The summed E-state index contributed by atoms with van der Waals surface area (Å²) in [7, 11) is 0. The highest BCUT2D eigenvalue weighted by atomic mass is 15.1. The molecular weight excluding hydrogens is 220 g/mol. The lowest BCUT2D eigenvalue weighted by Crippen LogP contribution is -2.35. The van der Waals surface area contributed by atoms with Crippen LogP contribution in [0.1, 0.15) is 32.8 Å². The Morgan fingerprint density at radius 3 is 2.33 bits per heavy atom. The molecule has 0 aliphatic heterocycles. The highest BCUT2D eigenvalue weighted by Crippen LogP contribution is 2.14. The van der Waals surface area contributed by atoms with Crippen LogP contribution in [0.2, 0.25) is 0 Å². The van der Waals surface area contributed by atoms with E-state index in [-0.39, 0.29) is 0 Å². The fourth-order valence-electron chi connectivity index (χ4n) is 2.28. The van der Waals surface area contributed by atoms with E-state index in [9.17, 15) is 0 Å². The van der Waals surface area contributed by atoms with Gasteiger partial charge in [0.1, 0.15) is 0 Å². The first-order valence-electron chi connectivity index (χ1n) is 7.13. The van der Waals surface area contributed by atoms with E-state index in [1.807, 2.05) is 0 Å². The van der Waals surface area contributed by atoms with E-state index in [0.29, 0.717) is 11.8 Å². The van der Waals surface area contributed by atoms with Gasteiger partial charge in [-0.2, -0.15) is 0 Å². The van der Waals surface area contributed by atoms with E-state index in [4.69, 9.17) is 5.73 Å². The molecule has 0 saturated heterocycles. The molecule has 2 nitrogen and oxygen atoms in total. The molecule has 0 spiro atoms. The Balaban J connectivity index is 2.59. The van der Waals surface area contributed by atoms with E-state index >= 15 is 0 Å². The van der Waals surface area contributed by atoms with Crippen LogP contribution in [0, 0.1) is 11.8 Å². The first-order valence-corrected chi connectivity index (χ1v) is 7.13. The summed E-state index contributed by atoms with van der Waals surface area (Å²) in [5.74, 6) is 1.25. The molecule has 1 rings (SSSR count). The van der Waals surface area contributed by atoms with E-state index in [2.05, 4.69) is 56.0 Å². The van der Waals surface area contributed by atoms with E-state index in [1.165, 1.54) is 12.0 Å². The van der Waals surface area contributed by atoms with Crippen molar-refractivity contribution in [3.8, 4) is 0 Å². The first kappa shape index (κ1) is 15.2. The third-order valence-electron chi connectivity index (χ3n) is 3.53. The molecule has 1 aromatic rings. The van der Waals surface area contributed by atoms with Crippen molar-refractivity contribution >= 4 is 0 Å². The van der Waals surface area contributed by atoms with Gasteiger partial charge in [0.2, 0.25) is 0 Å². The maximum absolute atomic E-state index is 5.88. The van der Waals surface area contributed by atoms with Crippen LogP contribution in [0.5, 0.6) is 0 Å². The summed E-state index contributed by atoms with van der Waals surface area (Å²) in [6.45, 7) is 10.9. The first-order chi connectivity index (χ1) is 8.67. The maximum Gasteiger partial charge on any atom is 0.0233 e. The van der Waals surface area contributed by atoms with Crippen LogP contribution >= 0.6 is 0 Å². The summed E-state index contributed by atoms with van der Waals surface area (Å²) < 4.78 is 0. The molecule has 0 fully saturated rings. The molecule has 0 amide bonds. The van der Waals surface area contributed by atoms with Gasteiger partial charge in [0.05, 0.1) is 0 Å². The molecule has 0 aromatic heterocycles. The lowest BCUT2D eigenvalue weighted by molar-refractivity contribution is 0.198. The fourth-order valence-corrected chi connectivity index (χ4v) is 2.28. The quantitative estimate of drug-likeness (QED) is 0.766. The van der Waals surface area contributed by atoms with Gasteiger partial charge in [-0.05, 0) is 36.9 Å². The fraction of sp³-hybridized carbons (Fsp3) is 0.625. The van der Waals surface area contributed by atoms with Gasteiger partial charge in [-0.1, -0.05) is 51.1 Å². The van der Waals surface area contributed by atoms with E-state index < -0.39 is 0 Å². The normalized spacial score (nSPS) is 13.2. The smallest absolute Gasteiger partial charge is 0.0233 e. The van der Waals surface area contributed by atoms with Crippen molar-refractivity contribution in [2.75, 3.05) is 19.6 Å². The highest BCUT2D eigenvalue weighted by molar-refractivity contribution is 5.14. The summed E-state index contributed by atoms with van der Waals surface area (Å²) in [4.78, 5) is 2.53. The van der Waals surface area contributed by atoms with E-state index in [1.54, 1.807) is 0 Å². The van der Waals surface area contributed by atoms with Gasteiger partial charge in [-0.3, -0.25) is 4.90 Å². The van der Waals surface area contributed by atoms with Crippen LogP contribution < -0.4 is 5.73 Å². The monoisotopic (exact) mass is 248 g/mol. The molecule has 18 heavy (non-hydrogen) atoms. The Morgan fingerprint density at radius 1 is 1.17 bits per heavy atom. The predicted molar refractivity (Wildman–Crippen MR) is 79.4 cm³/mol. The minimum absolute atomic E-state index is 0.597. The zero-order valence-electron chi connectivity index (χ0n) is 12.1. The summed E-state index contributed by atoms with van der Waals surface area (Å²) in [6, 6.07) is 10.7. The van der Waals surface area contributed by atoms with Gasteiger partial charge in [0, 0.05) is 13.1 Å². The van der Waals surface area contributed by atoms with Crippen LogP contribution in [-0.2, 0) is 6.54 Å². The third kappa shape index (κ3) is 5.19. The molecule has 0 saturated carbocycles. The standard InChI is InChI=1S/C16H28N2/c1-4-10-18(13-16(11-17)14(2)3)12-15-8-6-5-7-9-15/h5-9,14,16H,4,10-13,17H2,1-3H3. The molecule has 102 valence electrons. The van der Waals surface area contributed by atoms with Crippen molar-refractivity contribution in [2.45, 2.75) is 33.7 Å². The molecule has 2 N–H and O–H groups in total. The number of hydrogen-bond donors (Lipinski definition) is 1. The van der Waals surface area contributed by atoms with Crippen LogP contribution in [-0.4, -0.2) is 24.5 Å². The van der Waals surface area contributed by atoms with Crippen molar-refractivity contribution in [1.29, 1.82) is 0 Å². The van der Waals surface area contributed by atoms with Gasteiger partial charge >= 0.3 is 0 Å². The van der Waals surface area contributed by atoms with Gasteiger partial charge in [-0.25, -0.2) is 0 Å². The predicted octanol–water partition coefficient (Wildman–Crippen LogP) is 3.13. The Hall–Kier alpha value is -0.860. The number of hydrogen-bond acceptors (Lipinski definition) is 2. The highest BCUT2D eigenvalue weighted by Gasteiger charge is 2.15. The minimum Gasteiger partial charge on any atom is -0.330 e. The van der Waals surface area contributed by atoms with Gasteiger partial charge < -0.3 is 5.73 Å². The maximum atomic E-state index is 5.88. The molecule has 0 aliphatic carbocycles. The molecule has 0 radical (unpaired) electrons. The van der Waals surface area contributed by atoms with Crippen molar-refractivity contribution in [3.05, 3.63) is 35.9 Å². The average molecular weight is 248 g/mol. The SMILES string of the molecule is CCCN(Cc1ccccc1)CC(CN)C(C)C. The van der Waals surface area contributed by atoms with Gasteiger partial charge in [0.15, 0.2) is 0 Å². The topological polar surface area (TPSA) is 29.3 Å². The van der Waals surface area contributed by atoms with Crippen LogP contribution in [0.25, 0.3) is 0 Å². The number of nitrogens with zero attached hydrogens (tertiary/aromatic N) is 1. The van der Waals surface area contributed by atoms with Gasteiger partial charge in [-0.15, -0.1) is 0 Å². The molecule has 0 heterocycles. The number of nitrogens with two attached hydrogens (primary N) is 1. The lowest BCUT2D eigenvalue weighted by Gasteiger charge is -2.28. The Morgan fingerprint density at radius 2 is 1.83 bits per heavy atom. The zero-order valence-corrected chi connectivity index (χ0v) is 12.1. The van der Waals surface area contributed by atoms with Crippen LogP contribution in [0.3, 0.4) is 0 Å². The second-order valence-corrected chi connectivity index (χ2v) is 5.46. The average Bonchev–Trinajstić information content (AvgIpc) is 2.36. The van der Waals surface area contributed by atoms with Crippen molar-refractivity contribution in [3.63, 3.8) is 0 Å². The summed E-state index contributed by atoms with van der Waals surface area (Å²) >= 11 is 0. The summed E-state index contributed by atoms with van der Waals surface area (Å²) in [5, 5.41) is 0. The molecule has 2 heteroatoms. The Kier molecular flexibility index (Phi) is 6.99. The molecule has 1 unspecified atom stereocenters. The van der Waals surface area contributed by atoms with Crippen molar-refractivity contribution in [1.82, 2.24) is 4.90 Å². The van der Waals surface area contributed by atoms with E-state index in [0.717, 1.165) is 26.2 Å². The number of rotatable bonds is 8. The summed E-state index contributed by atoms with van der Waals surface area (Å²) in [5.41, 5.74) is 7.28. The molecule has 1 atom stereocenters. The molecule has 1 aromatic carbocycles. The van der Waals surface area contributed by atoms with Crippen molar-refractivity contribution in [2.24, 2.45) is 17.6 Å². The largest absolute Gasteiger partial charge is 0.330 e. The third-order valence-corrected chi connectivity index (χ3v) is 3.53. The second-order valence-electron chi connectivity index (χ2n) is 5.46. The second kappa shape index (κ2) is 8.28. The molecule has 0 aliphatic rings. The van der Waals surface area contributed by atoms with Crippen molar-refractivity contribution < 1.29 is 0 Å². The lowest BCUT2D eigenvalue weighted by atomic mass is 9.95. The summed E-state index contributed by atoms with van der Waals surface area (Å²) in [6.07, 6.45) is 1.20. The Bertz CT molecular complexity index is 308. The van der Waals surface area contributed by atoms with Crippen LogP contribution in [0.4, 0.5) is 0 Å². The number of benzene rings is 1. The Labute approximate surface area is 112 Å².